The molecule has 12 nitrogen and oxygen atoms in total. The summed E-state index contributed by atoms with van der Waals surface area (Å²) < 4.78 is 5.80. The van der Waals surface area contributed by atoms with Crippen molar-refractivity contribution in [3.63, 3.8) is 0 Å². The Morgan fingerprint density at radius 3 is 2.63 bits per heavy atom. The Balaban J connectivity index is 1.23. The number of amides is 1. The number of nitrogens with zero attached hydrogens (tertiary/aromatic N) is 6. The van der Waals surface area contributed by atoms with Crippen LogP contribution in [0.5, 0.6) is 5.75 Å². The number of carboxylic acid groups (broad SMARTS) is 1. The van der Waals surface area contributed by atoms with Crippen molar-refractivity contribution in [2.45, 2.75) is 45.4 Å². The number of pyridine rings is 1. The number of carbonyl (C=O) groups is 1. The summed E-state index contributed by atoms with van der Waals surface area (Å²) in [5, 5.41) is 26.2. The first-order valence-electron chi connectivity index (χ1n) is 13.7. The number of nitro benzene ring substituents is 1. The van der Waals surface area contributed by atoms with Crippen LogP contribution in [0.25, 0.3) is 10.9 Å². The molecule has 2 fully saturated rings. The number of halogens is 1. The largest absolute Gasteiger partial charge is 0.486 e. The van der Waals surface area contributed by atoms with Gasteiger partial charge in [-0.1, -0.05) is 38.4 Å². The van der Waals surface area contributed by atoms with Crippen LogP contribution in [0.15, 0.2) is 61.1 Å². The zero-order chi connectivity index (χ0) is 30.5. The van der Waals surface area contributed by atoms with E-state index < -0.39 is 16.6 Å². The van der Waals surface area contributed by atoms with Crippen molar-refractivity contribution in [1.82, 2.24) is 19.9 Å². The molecule has 1 unspecified atom stereocenters. The number of benzene rings is 2. The number of nitro groups is 1. The fourth-order valence-electron chi connectivity index (χ4n) is 5.96. The molecule has 4 aromatic rings. The van der Waals surface area contributed by atoms with Crippen LogP contribution in [0, 0.1) is 15.5 Å². The average molecular weight is 604 g/mol. The summed E-state index contributed by atoms with van der Waals surface area (Å²) in [6.07, 6.45) is 2.83. The number of ether oxygens (including phenoxy) is 1. The van der Waals surface area contributed by atoms with Crippen LogP contribution in [-0.4, -0.2) is 60.6 Å². The van der Waals surface area contributed by atoms with E-state index in [1.54, 1.807) is 30.5 Å². The van der Waals surface area contributed by atoms with Gasteiger partial charge in [-0.3, -0.25) is 20.0 Å². The van der Waals surface area contributed by atoms with Crippen molar-refractivity contribution in [1.29, 1.82) is 0 Å². The highest BCUT2D eigenvalue weighted by molar-refractivity contribution is 6.32. The van der Waals surface area contributed by atoms with Gasteiger partial charge in [-0.15, -0.1) is 0 Å². The molecule has 2 aromatic carbocycles. The maximum atomic E-state index is 12.2. The Morgan fingerprint density at radius 1 is 1.19 bits per heavy atom. The number of nitrogens with one attached hydrogen (secondary N) is 1. The molecule has 1 amide bonds. The third-order valence-corrected chi connectivity index (χ3v) is 8.43. The van der Waals surface area contributed by atoms with Crippen LogP contribution in [0.4, 0.5) is 27.7 Å². The number of anilines is 3. The lowest BCUT2D eigenvalue weighted by Crippen LogP contribution is -2.83. The Labute approximate surface area is 252 Å². The lowest BCUT2D eigenvalue weighted by atomic mass is 9.65. The van der Waals surface area contributed by atoms with Crippen molar-refractivity contribution in [2.24, 2.45) is 5.41 Å². The average Bonchev–Trinajstić information content (AvgIpc) is 2.90. The second-order valence-corrected chi connectivity index (χ2v) is 12.4. The van der Waals surface area contributed by atoms with E-state index in [4.69, 9.17) is 16.3 Å². The fourth-order valence-corrected chi connectivity index (χ4v) is 6.20. The second-order valence-electron chi connectivity index (χ2n) is 12.0. The summed E-state index contributed by atoms with van der Waals surface area (Å²) in [4.78, 5) is 40.2. The fraction of sp³-hybridized carbons (Fsp3) is 0.333. The van der Waals surface area contributed by atoms with Gasteiger partial charge in [0, 0.05) is 42.5 Å². The van der Waals surface area contributed by atoms with Gasteiger partial charge in [0.1, 0.15) is 30.2 Å². The van der Waals surface area contributed by atoms with E-state index in [-0.39, 0.29) is 23.8 Å². The second kappa shape index (κ2) is 10.5. The van der Waals surface area contributed by atoms with Gasteiger partial charge in [-0.2, -0.15) is 0 Å². The molecule has 1 atom stereocenters. The van der Waals surface area contributed by atoms with Gasteiger partial charge < -0.3 is 20.1 Å². The Hall–Kier alpha value is -4.71. The molecule has 2 aromatic heterocycles. The molecule has 0 bridgehead atoms. The molecule has 13 heteroatoms. The van der Waals surface area contributed by atoms with Crippen molar-refractivity contribution in [2.75, 3.05) is 23.3 Å². The normalized spacial score (nSPS) is 17.3. The molecule has 222 valence electrons. The number of aromatic nitrogens is 3. The summed E-state index contributed by atoms with van der Waals surface area (Å²) >= 11 is 6.48. The van der Waals surface area contributed by atoms with Crippen LogP contribution in [-0.2, 0) is 6.61 Å². The van der Waals surface area contributed by atoms with E-state index in [9.17, 15) is 20.0 Å². The van der Waals surface area contributed by atoms with Gasteiger partial charge in [-0.25, -0.2) is 14.8 Å². The van der Waals surface area contributed by atoms with Crippen molar-refractivity contribution in [3.8, 4) is 5.75 Å². The predicted octanol–water partition coefficient (Wildman–Crippen LogP) is 6.27. The van der Waals surface area contributed by atoms with E-state index >= 15 is 0 Å². The van der Waals surface area contributed by atoms with Gasteiger partial charge >= 0.3 is 6.09 Å². The number of likely N-dealkylation sites (tertiary alicyclic amines) is 1. The monoisotopic (exact) mass is 603 g/mol. The minimum absolute atomic E-state index is 0.102. The molecule has 4 heterocycles. The molecule has 0 radical (unpaired) electrons. The van der Waals surface area contributed by atoms with Gasteiger partial charge in [0.15, 0.2) is 0 Å². The molecule has 0 aliphatic carbocycles. The van der Waals surface area contributed by atoms with Crippen LogP contribution in [0.3, 0.4) is 0 Å². The molecular weight excluding hydrogens is 574 g/mol. The van der Waals surface area contributed by atoms with Crippen molar-refractivity contribution < 1.29 is 19.6 Å². The Bertz CT molecular complexity index is 1720. The first-order chi connectivity index (χ1) is 20.4. The van der Waals surface area contributed by atoms with Crippen molar-refractivity contribution >= 4 is 51.5 Å². The van der Waals surface area contributed by atoms with Gasteiger partial charge in [0.2, 0.25) is 0 Å². The summed E-state index contributed by atoms with van der Waals surface area (Å²) in [5.74, 6) is 0.863. The van der Waals surface area contributed by atoms with E-state index in [1.807, 2.05) is 43.9 Å². The van der Waals surface area contributed by atoms with Gasteiger partial charge in [0.25, 0.3) is 5.69 Å². The lowest BCUT2D eigenvalue weighted by molar-refractivity contribution is -0.384. The number of fused-ring (bicyclic) bond motifs is 1. The van der Waals surface area contributed by atoms with Crippen LogP contribution >= 0.6 is 11.6 Å². The maximum Gasteiger partial charge on any atom is 0.408 e. The third kappa shape index (κ3) is 5.22. The zero-order valence-electron chi connectivity index (χ0n) is 23.8. The molecule has 2 N–H and O–H groups in total. The molecule has 0 saturated carbocycles. The molecule has 1 spiro atoms. The first kappa shape index (κ1) is 28.4. The molecule has 2 aliphatic rings. The van der Waals surface area contributed by atoms with E-state index in [0.717, 1.165) is 5.69 Å². The smallest absolute Gasteiger partial charge is 0.408 e. The van der Waals surface area contributed by atoms with E-state index in [0.29, 0.717) is 58.4 Å². The van der Waals surface area contributed by atoms with E-state index in [1.165, 1.54) is 17.3 Å². The minimum Gasteiger partial charge on any atom is -0.486 e. The van der Waals surface area contributed by atoms with Crippen molar-refractivity contribution in [3.05, 3.63) is 81.9 Å². The third-order valence-electron chi connectivity index (χ3n) is 8.14. The highest BCUT2D eigenvalue weighted by Gasteiger charge is 2.63. The molecule has 2 saturated heterocycles. The predicted molar refractivity (Wildman–Crippen MR) is 162 cm³/mol. The van der Waals surface area contributed by atoms with Crippen LogP contribution in [0.2, 0.25) is 5.02 Å². The molecule has 6 rings (SSSR count). The molecule has 43 heavy (non-hydrogen) atoms. The highest BCUT2D eigenvalue weighted by atomic mass is 35.5. The van der Waals surface area contributed by atoms with E-state index in [2.05, 4.69) is 20.3 Å². The first-order valence-corrected chi connectivity index (χ1v) is 14.1. The summed E-state index contributed by atoms with van der Waals surface area (Å²) in [7, 11) is 0. The highest BCUT2D eigenvalue weighted by Crippen LogP contribution is 2.52. The van der Waals surface area contributed by atoms with Gasteiger partial charge in [0.05, 0.1) is 26.7 Å². The summed E-state index contributed by atoms with van der Waals surface area (Å²) in [6.45, 7) is 7.09. The summed E-state index contributed by atoms with van der Waals surface area (Å²) in [5.41, 5.74) is 1.44. The number of rotatable bonds is 7. The van der Waals surface area contributed by atoms with Crippen LogP contribution in [0.1, 0.15) is 32.9 Å². The number of hydrogen-bond donors (Lipinski definition) is 2. The Kier molecular flexibility index (Phi) is 6.96. The Morgan fingerprint density at radius 2 is 1.98 bits per heavy atom. The quantitative estimate of drug-likeness (QED) is 0.183. The summed E-state index contributed by atoms with van der Waals surface area (Å²) in [6, 6.07) is 13.8. The maximum absolute atomic E-state index is 12.2. The lowest BCUT2D eigenvalue weighted by Gasteiger charge is -2.67. The molecular formula is C30H30ClN7O5. The van der Waals surface area contributed by atoms with Crippen LogP contribution < -0.4 is 15.0 Å². The molecule has 2 aliphatic heterocycles. The van der Waals surface area contributed by atoms with Gasteiger partial charge in [-0.05, 0) is 48.2 Å². The standard InChI is InChI=1S/C30H30ClN7O5/c1-29(2,3)26-13-30(37(26)28(39)40)15-36(16-30)23-12-22-20(11-24(23)38(41)42)27(34-17-33-22)35-18-7-8-25(21(31)10-18)43-14-19-6-4-5-9-32-19/h4-12,17,26H,13-16H2,1-3H3,(H,39,40)(H,33,34,35). The minimum atomic E-state index is -0.963. The number of hydrogen-bond acceptors (Lipinski definition) is 9. The zero-order valence-corrected chi connectivity index (χ0v) is 24.6. The topological polar surface area (TPSA) is 147 Å². The SMILES string of the molecule is CC(C)(C)C1CC2(CN(c3cc4ncnc(Nc5ccc(OCc6ccccn6)c(Cl)c5)c4cc3[N+](=O)[O-])C2)N1C(=O)O.